The first-order valence-electron chi connectivity index (χ1n) is 6.18. The highest BCUT2D eigenvalue weighted by Gasteiger charge is 2.32. The summed E-state index contributed by atoms with van der Waals surface area (Å²) < 4.78 is 5.19. The van der Waals surface area contributed by atoms with Crippen LogP contribution in [-0.4, -0.2) is 12.1 Å². The number of carbonyl (C=O) groups excluding carboxylic acids is 1. The van der Waals surface area contributed by atoms with Gasteiger partial charge in [-0.2, -0.15) is 0 Å². The van der Waals surface area contributed by atoms with Crippen molar-refractivity contribution in [2.45, 2.75) is 51.6 Å². The lowest BCUT2D eigenvalue weighted by Crippen LogP contribution is -2.12. The second-order valence-corrected chi connectivity index (χ2v) is 5.88. The fourth-order valence-electron chi connectivity index (χ4n) is 2.30. The van der Waals surface area contributed by atoms with Crippen LogP contribution in [0.1, 0.15) is 51.2 Å². The number of esters is 1. The summed E-state index contributed by atoms with van der Waals surface area (Å²) in [7, 11) is 0. The van der Waals surface area contributed by atoms with Gasteiger partial charge >= 0.3 is 5.97 Å². The quantitative estimate of drug-likeness (QED) is 0.694. The highest BCUT2D eigenvalue weighted by atomic mass is 16.5. The van der Waals surface area contributed by atoms with E-state index in [-0.39, 0.29) is 23.4 Å². The Morgan fingerprint density at radius 3 is 2.18 bits per heavy atom. The molecular weight excluding hydrogens is 212 g/mol. The first-order chi connectivity index (χ1) is 7.88. The van der Waals surface area contributed by atoms with Gasteiger partial charge in [-0.15, -0.1) is 0 Å². The van der Waals surface area contributed by atoms with Crippen molar-refractivity contribution in [3.05, 3.63) is 35.4 Å². The maximum Gasteiger partial charge on any atom is 0.306 e. The molecule has 0 aromatic heterocycles. The lowest BCUT2D eigenvalue weighted by atomic mass is 9.85. The molecule has 1 aromatic rings. The Hall–Kier alpha value is -1.31. The summed E-state index contributed by atoms with van der Waals surface area (Å²) in [5.41, 5.74) is 2.70. The molecule has 2 rings (SSSR count). The summed E-state index contributed by atoms with van der Waals surface area (Å²) in [5, 5.41) is 0. The molecule has 1 aliphatic heterocycles. The van der Waals surface area contributed by atoms with E-state index in [2.05, 4.69) is 45.0 Å². The van der Waals surface area contributed by atoms with Crippen molar-refractivity contribution < 1.29 is 9.53 Å². The van der Waals surface area contributed by atoms with Crippen molar-refractivity contribution in [2.24, 2.45) is 0 Å². The molecule has 0 saturated carbocycles. The molecule has 1 aliphatic rings. The molecule has 2 nitrogen and oxygen atoms in total. The Morgan fingerprint density at radius 1 is 1.18 bits per heavy atom. The van der Waals surface area contributed by atoms with Gasteiger partial charge in [-0.25, -0.2) is 0 Å². The smallest absolute Gasteiger partial charge is 0.306 e. The van der Waals surface area contributed by atoms with E-state index in [0.29, 0.717) is 6.42 Å². The van der Waals surface area contributed by atoms with Gasteiger partial charge in [-0.05, 0) is 23.5 Å². The summed E-state index contributed by atoms with van der Waals surface area (Å²) in [6.07, 6.45) is 0.513. The topological polar surface area (TPSA) is 26.3 Å². The molecule has 92 valence electrons. The number of carbonyl (C=O) groups is 1. The Morgan fingerprint density at radius 2 is 1.76 bits per heavy atom. The van der Waals surface area contributed by atoms with Gasteiger partial charge in [0.2, 0.25) is 0 Å². The van der Waals surface area contributed by atoms with Gasteiger partial charge in [0.05, 0.1) is 6.42 Å². The third-order valence-electron chi connectivity index (χ3n) is 3.48. The molecule has 2 atom stereocenters. The second-order valence-electron chi connectivity index (χ2n) is 5.88. The zero-order chi connectivity index (χ0) is 12.6. The molecule has 0 bridgehead atoms. The van der Waals surface area contributed by atoms with Crippen molar-refractivity contribution in [3.63, 3.8) is 0 Å². The summed E-state index contributed by atoms with van der Waals surface area (Å²) >= 11 is 0. The van der Waals surface area contributed by atoms with E-state index in [9.17, 15) is 4.79 Å². The Bertz CT molecular complexity index is 412. The van der Waals surface area contributed by atoms with E-state index in [4.69, 9.17) is 4.74 Å². The zero-order valence-electron chi connectivity index (χ0n) is 11.0. The van der Waals surface area contributed by atoms with Crippen LogP contribution in [0.15, 0.2) is 24.3 Å². The van der Waals surface area contributed by atoms with Crippen LogP contribution in [0.3, 0.4) is 0 Å². The minimum absolute atomic E-state index is 0.00277. The van der Waals surface area contributed by atoms with E-state index in [1.54, 1.807) is 0 Å². The van der Waals surface area contributed by atoms with Crippen molar-refractivity contribution in [1.29, 1.82) is 0 Å². The molecule has 0 aliphatic carbocycles. The van der Waals surface area contributed by atoms with Gasteiger partial charge in [0.15, 0.2) is 0 Å². The van der Waals surface area contributed by atoms with Crippen LogP contribution in [0.4, 0.5) is 0 Å². The van der Waals surface area contributed by atoms with Crippen LogP contribution in [0.2, 0.25) is 0 Å². The fraction of sp³-hybridized carbons (Fsp3) is 0.533. The number of hydrogen-bond acceptors (Lipinski definition) is 2. The van der Waals surface area contributed by atoms with Crippen LogP contribution in [0, 0.1) is 0 Å². The van der Waals surface area contributed by atoms with Gasteiger partial charge < -0.3 is 4.74 Å². The molecular formula is C15H20O2. The van der Waals surface area contributed by atoms with Crippen molar-refractivity contribution in [2.75, 3.05) is 0 Å². The number of benzene rings is 1. The minimum atomic E-state index is -0.0811. The highest BCUT2D eigenvalue weighted by Crippen LogP contribution is 2.33. The summed E-state index contributed by atoms with van der Waals surface area (Å²) in [6.45, 7) is 8.57. The Kier molecular flexibility index (Phi) is 2.98. The van der Waals surface area contributed by atoms with Gasteiger partial charge in [0.25, 0.3) is 0 Å². The third-order valence-corrected chi connectivity index (χ3v) is 3.48. The Labute approximate surface area is 103 Å². The summed E-state index contributed by atoms with van der Waals surface area (Å²) in [5.74, 6) is 0.138. The van der Waals surface area contributed by atoms with Crippen LogP contribution in [0.25, 0.3) is 0 Å². The Balaban J connectivity index is 2.21. The van der Waals surface area contributed by atoms with Gasteiger partial charge in [0.1, 0.15) is 6.10 Å². The molecule has 1 unspecified atom stereocenters. The standard InChI is InChI=1S/C15H20O2/c1-10-13(9-14(16)17-10)11-5-7-12(8-6-11)15(2,3)4/h5-8,10,13H,9H2,1-4H3/t10?,13-/m0/s1. The first-order valence-corrected chi connectivity index (χ1v) is 6.18. The van der Waals surface area contributed by atoms with E-state index in [1.165, 1.54) is 11.1 Å². The molecule has 0 amide bonds. The molecule has 0 radical (unpaired) electrons. The number of cyclic esters (lactones) is 1. The maximum absolute atomic E-state index is 11.2. The van der Waals surface area contributed by atoms with Crippen molar-refractivity contribution in [1.82, 2.24) is 0 Å². The largest absolute Gasteiger partial charge is 0.462 e. The third kappa shape index (κ3) is 2.51. The van der Waals surface area contributed by atoms with Crippen LogP contribution >= 0.6 is 0 Å². The first kappa shape index (κ1) is 12.2. The number of hydrogen-bond donors (Lipinski definition) is 0. The van der Waals surface area contributed by atoms with Crippen molar-refractivity contribution >= 4 is 5.97 Å². The molecule has 17 heavy (non-hydrogen) atoms. The van der Waals surface area contributed by atoms with Crippen LogP contribution in [0.5, 0.6) is 0 Å². The molecule has 1 heterocycles. The molecule has 0 N–H and O–H groups in total. The lowest BCUT2D eigenvalue weighted by molar-refractivity contribution is -0.140. The number of ether oxygens (including phenoxy) is 1. The monoisotopic (exact) mass is 232 g/mol. The van der Waals surface area contributed by atoms with Gasteiger partial charge in [-0.1, -0.05) is 45.0 Å². The van der Waals surface area contributed by atoms with E-state index in [0.717, 1.165) is 0 Å². The summed E-state index contributed by atoms with van der Waals surface area (Å²) in [6, 6.07) is 8.57. The average Bonchev–Trinajstić information content (AvgIpc) is 2.57. The van der Waals surface area contributed by atoms with E-state index in [1.807, 2.05) is 6.92 Å². The normalized spacial score (nSPS) is 24.8. The average molecular weight is 232 g/mol. The number of rotatable bonds is 1. The molecule has 1 aromatic carbocycles. The SMILES string of the molecule is CC1OC(=O)C[C@@H]1c1ccc(C(C)(C)C)cc1. The molecule has 0 spiro atoms. The summed E-state index contributed by atoms with van der Waals surface area (Å²) in [4.78, 5) is 11.2. The highest BCUT2D eigenvalue weighted by molar-refractivity contribution is 5.73. The van der Waals surface area contributed by atoms with E-state index < -0.39 is 0 Å². The predicted octanol–water partition coefficient (Wildman–Crippen LogP) is 3.40. The molecule has 1 fully saturated rings. The van der Waals surface area contributed by atoms with Crippen LogP contribution < -0.4 is 0 Å². The van der Waals surface area contributed by atoms with Crippen molar-refractivity contribution in [3.8, 4) is 0 Å². The second kappa shape index (κ2) is 4.17. The molecule has 2 heteroatoms. The fourth-order valence-corrected chi connectivity index (χ4v) is 2.30. The lowest BCUT2D eigenvalue weighted by Gasteiger charge is -2.20. The minimum Gasteiger partial charge on any atom is -0.462 e. The van der Waals surface area contributed by atoms with Gasteiger partial charge in [-0.3, -0.25) is 4.79 Å². The van der Waals surface area contributed by atoms with Crippen LogP contribution in [-0.2, 0) is 14.9 Å². The predicted molar refractivity (Wildman–Crippen MR) is 68.1 cm³/mol. The maximum atomic E-state index is 11.2. The zero-order valence-corrected chi connectivity index (χ0v) is 11.0. The molecule has 1 saturated heterocycles. The van der Waals surface area contributed by atoms with E-state index >= 15 is 0 Å². The van der Waals surface area contributed by atoms with Gasteiger partial charge in [0, 0.05) is 5.92 Å².